The van der Waals surface area contributed by atoms with Crippen LogP contribution in [0.15, 0.2) is 42.6 Å². The van der Waals surface area contributed by atoms with Crippen molar-refractivity contribution in [2.24, 2.45) is 0 Å². The van der Waals surface area contributed by atoms with Crippen LogP contribution in [0, 0.1) is 5.82 Å². The molecule has 1 aromatic heterocycles. The number of hydrogen-bond acceptors (Lipinski definition) is 3. The largest absolute Gasteiger partial charge is 0.436 e. The fraction of sp³-hybridized carbons (Fsp3) is 0.154. The second kappa shape index (κ2) is 5.41. The number of rotatable bonds is 4. The Morgan fingerprint density at radius 2 is 2.18 bits per heavy atom. The van der Waals surface area contributed by atoms with Crippen molar-refractivity contribution in [1.82, 2.24) is 10.3 Å². The molecule has 0 saturated carbocycles. The summed E-state index contributed by atoms with van der Waals surface area (Å²) in [5, 5.41) is 3.04. The highest BCUT2D eigenvalue weighted by molar-refractivity contribution is 5.31. The summed E-state index contributed by atoms with van der Waals surface area (Å²) in [7, 11) is 1.87. The van der Waals surface area contributed by atoms with E-state index in [9.17, 15) is 4.39 Å². The molecule has 2 rings (SSSR count). The maximum Gasteiger partial charge on any atom is 0.255 e. The van der Waals surface area contributed by atoms with Gasteiger partial charge in [-0.3, -0.25) is 0 Å². The Morgan fingerprint density at radius 1 is 1.29 bits per heavy atom. The summed E-state index contributed by atoms with van der Waals surface area (Å²) in [6.07, 6.45) is 1.50. The summed E-state index contributed by atoms with van der Waals surface area (Å²) in [6, 6.07) is 10.3. The Hall–Kier alpha value is -1.94. The molecule has 0 aliphatic rings. The molecule has 0 amide bonds. The van der Waals surface area contributed by atoms with Crippen LogP contribution in [-0.2, 0) is 6.54 Å². The van der Waals surface area contributed by atoms with Gasteiger partial charge in [0.1, 0.15) is 5.75 Å². The molecule has 0 saturated heterocycles. The third-order valence-electron chi connectivity index (χ3n) is 2.22. The lowest BCUT2D eigenvalue weighted by molar-refractivity contribution is 0.422. The van der Waals surface area contributed by atoms with Crippen molar-refractivity contribution in [1.29, 1.82) is 0 Å². The second-order valence-electron chi connectivity index (χ2n) is 3.57. The van der Waals surface area contributed by atoms with Crippen molar-refractivity contribution in [2.45, 2.75) is 6.54 Å². The van der Waals surface area contributed by atoms with Gasteiger partial charge >= 0.3 is 0 Å². The first-order valence-electron chi connectivity index (χ1n) is 5.31. The third kappa shape index (κ3) is 3.01. The van der Waals surface area contributed by atoms with Gasteiger partial charge in [-0.25, -0.2) is 9.37 Å². The number of pyridine rings is 1. The SMILES string of the molecule is CNCc1cccc(Oc2ncccc2F)c1. The summed E-state index contributed by atoms with van der Waals surface area (Å²) in [5.74, 6) is 0.107. The fourth-order valence-corrected chi connectivity index (χ4v) is 1.48. The minimum absolute atomic E-state index is 0.00546. The predicted molar refractivity (Wildman–Crippen MR) is 63.5 cm³/mol. The van der Waals surface area contributed by atoms with Gasteiger partial charge in [0.15, 0.2) is 5.82 Å². The van der Waals surface area contributed by atoms with Gasteiger partial charge in [0.25, 0.3) is 5.88 Å². The van der Waals surface area contributed by atoms with Crippen molar-refractivity contribution in [3.63, 3.8) is 0 Å². The molecule has 17 heavy (non-hydrogen) atoms. The van der Waals surface area contributed by atoms with Crippen molar-refractivity contribution >= 4 is 0 Å². The van der Waals surface area contributed by atoms with E-state index in [0.29, 0.717) is 5.75 Å². The lowest BCUT2D eigenvalue weighted by atomic mass is 10.2. The van der Waals surface area contributed by atoms with Crippen LogP contribution < -0.4 is 10.1 Å². The summed E-state index contributed by atoms with van der Waals surface area (Å²) in [4.78, 5) is 3.84. The van der Waals surface area contributed by atoms with E-state index in [4.69, 9.17) is 4.74 Å². The van der Waals surface area contributed by atoms with Gasteiger partial charge in [-0.1, -0.05) is 12.1 Å². The van der Waals surface area contributed by atoms with E-state index in [0.717, 1.165) is 12.1 Å². The van der Waals surface area contributed by atoms with Crippen LogP contribution in [0.25, 0.3) is 0 Å². The summed E-state index contributed by atoms with van der Waals surface area (Å²) in [6.45, 7) is 0.738. The highest BCUT2D eigenvalue weighted by Gasteiger charge is 2.05. The highest BCUT2D eigenvalue weighted by atomic mass is 19.1. The fourth-order valence-electron chi connectivity index (χ4n) is 1.48. The van der Waals surface area contributed by atoms with Gasteiger partial charge in [0.05, 0.1) is 0 Å². The Labute approximate surface area is 99.3 Å². The Morgan fingerprint density at radius 3 is 2.94 bits per heavy atom. The zero-order valence-electron chi connectivity index (χ0n) is 9.48. The second-order valence-corrected chi connectivity index (χ2v) is 3.57. The monoisotopic (exact) mass is 232 g/mol. The zero-order valence-corrected chi connectivity index (χ0v) is 9.48. The average Bonchev–Trinajstić information content (AvgIpc) is 2.33. The minimum Gasteiger partial charge on any atom is -0.436 e. The molecule has 1 N–H and O–H groups in total. The molecule has 4 heteroatoms. The van der Waals surface area contributed by atoms with Gasteiger partial charge in [-0.05, 0) is 36.9 Å². The first-order chi connectivity index (χ1) is 8.29. The Balaban J connectivity index is 2.18. The molecule has 0 bridgehead atoms. The van der Waals surface area contributed by atoms with E-state index in [-0.39, 0.29) is 5.88 Å². The van der Waals surface area contributed by atoms with Crippen molar-refractivity contribution < 1.29 is 9.13 Å². The number of nitrogens with one attached hydrogen (secondary N) is 1. The molecule has 0 radical (unpaired) electrons. The van der Waals surface area contributed by atoms with Crippen molar-refractivity contribution in [3.05, 3.63) is 54.0 Å². The molecule has 0 aliphatic carbocycles. The van der Waals surface area contributed by atoms with Crippen molar-refractivity contribution in [2.75, 3.05) is 7.05 Å². The number of ether oxygens (including phenoxy) is 1. The number of halogens is 1. The van der Waals surface area contributed by atoms with Gasteiger partial charge in [-0.15, -0.1) is 0 Å². The molecular weight excluding hydrogens is 219 g/mol. The van der Waals surface area contributed by atoms with Crippen LogP contribution in [0.5, 0.6) is 11.6 Å². The normalized spacial score (nSPS) is 10.2. The standard InChI is InChI=1S/C13H13FN2O/c1-15-9-10-4-2-5-11(8-10)17-13-12(14)6-3-7-16-13/h2-8,15H,9H2,1H3. The van der Waals surface area contributed by atoms with E-state index in [1.165, 1.54) is 18.3 Å². The topological polar surface area (TPSA) is 34.1 Å². The molecule has 0 fully saturated rings. The summed E-state index contributed by atoms with van der Waals surface area (Å²) >= 11 is 0. The van der Waals surface area contributed by atoms with Gasteiger partial charge < -0.3 is 10.1 Å². The van der Waals surface area contributed by atoms with E-state index in [2.05, 4.69) is 10.3 Å². The minimum atomic E-state index is -0.466. The Kier molecular flexibility index (Phi) is 3.67. The molecule has 0 aliphatic heterocycles. The van der Waals surface area contributed by atoms with Crippen LogP contribution >= 0.6 is 0 Å². The smallest absolute Gasteiger partial charge is 0.255 e. The van der Waals surface area contributed by atoms with Crippen LogP contribution in [0.2, 0.25) is 0 Å². The zero-order chi connectivity index (χ0) is 12.1. The van der Waals surface area contributed by atoms with Crippen LogP contribution in [0.4, 0.5) is 4.39 Å². The first kappa shape index (κ1) is 11.5. The number of nitrogens with zero attached hydrogens (tertiary/aromatic N) is 1. The predicted octanol–water partition coefficient (Wildman–Crippen LogP) is 2.73. The molecule has 2 aromatic rings. The van der Waals surface area contributed by atoms with Gasteiger partial charge in [0.2, 0.25) is 0 Å². The molecule has 1 heterocycles. The molecule has 0 atom stereocenters. The number of aromatic nitrogens is 1. The number of hydrogen-bond donors (Lipinski definition) is 1. The van der Waals surface area contributed by atoms with Gasteiger partial charge in [0, 0.05) is 12.7 Å². The van der Waals surface area contributed by atoms with Crippen LogP contribution in [-0.4, -0.2) is 12.0 Å². The Bertz CT molecular complexity index is 502. The average molecular weight is 232 g/mol. The van der Waals surface area contributed by atoms with E-state index in [1.54, 1.807) is 6.07 Å². The summed E-state index contributed by atoms with van der Waals surface area (Å²) < 4.78 is 18.7. The molecule has 3 nitrogen and oxygen atoms in total. The highest BCUT2D eigenvalue weighted by Crippen LogP contribution is 2.22. The number of benzene rings is 1. The van der Waals surface area contributed by atoms with E-state index < -0.39 is 5.82 Å². The van der Waals surface area contributed by atoms with E-state index in [1.807, 2.05) is 25.2 Å². The molecule has 1 aromatic carbocycles. The molecule has 88 valence electrons. The third-order valence-corrected chi connectivity index (χ3v) is 2.22. The lowest BCUT2D eigenvalue weighted by Crippen LogP contribution is -2.04. The summed E-state index contributed by atoms with van der Waals surface area (Å²) in [5.41, 5.74) is 1.07. The molecular formula is C13H13FN2O. The first-order valence-corrected chi connectivity index (χ1v) is 5.31. The quantitative estimate of drug-likeness (QED) is 0.880. The lowest BCUT2D eigenvalue weighted by Gasteiger charge is -2.07. The van der Waals surface area contributed by atoms with Crippen LogP contribution in [0.1, 0.15) is 5.56 Å². The van der Waals surface area contributed by atoms with Crippen LogP contribution in [0.3, 0.4) is 0 Å². The maximum atomic E-state index is 13.3. The molecule has 0 unspecified atom stereocenters. The van der Waals surface area contributed by atoms with Crippen molar-refractivity contribution in [3.8, 4) is 11.6 Å². The maximum absolute atomic E-state index is 13.3. The van der Waals surface area contributed by atoms with Gasteiger partial charge in [-0.2, -0.15) is 0 Å². The molecule has 0 spiro atoms. The van der Waals surface area contributed by atoms with E-state index >= 15 is 0 Å².